The first kappa shape index (κ1) is 19.8. The molecular weight excluding hydrogens is 368 g/mol. The van der Waals surface area contributed by atoms with Gasteiger partial charge in [-0.3, -0.25) is 4.79 Å². The van der Waals surface area contributed by atoms with Gasteiger partial charge >= 0.3 is 6.03 Å². The van der Waals surface area contributed by atoms with Gasteiger partial charge in [0.15, 0.2) is 0 Å². The van der Waals surface area contributed by atoms with Crippen molar-refractivity contribution in [1.29, 1.82) is 0 Å². The molecule has 7 nitrogen and oxygen atoms in total. The van der Waals surface area contributed by atoms with E-state index >= 15 is 0 Å². The van der Waals surface area contributed by atoms with Crippen LogP contribution in [0.4, 0.5) is 16.2 Å². The molecule has 2 saturated heterocycles. The van der Waals surface area contributed by atoms with Crippen molar-refractivity contribution in [3.63, 3.8) is 0 Å². The minimum Gasteiger partial charge on any atom is -0.378 e. The SMILES string of the molecule is CC(=O)N1CCC(CN(C)C(=O)Nc2cc(Cl)ccc2N2CCOCC2)C1. The van der Waals surface area contributed by atoms with Crippen molar-refractivity contribution >= 4 is 34.9 Å². The van der Waals surface area contributed by atoms with Crippen LogP contribution in [0.1, 0.15) is 13.3 Å². The standard InChI is InChI=1S/C19H27ClN4O3/c1-14(25)24-6-5-15(13-24)12-22(2)19(26)21-17-11-16(20)3-4-18(17)23-7-9-27-10-8-23/h3-4,11,15H,5-10,12-13H2,1-2H3,(H,21,26). The minimum atomic E-state index is -0.173. The van der Waals surface area contributed by atoms with E-state index in [1.807, 2.05) is 17.0 Å². The molecule has 1 atom stereocenters. The number of hydrogen-bond acceptors (Lipinski definition) is 4. The highest BCUT2D eigenvalue weighted by atomic mass is 35.5. The highest BCUT2D eigenvalue weighted by Crippen LogP contribution is 2.30. The second-order valence-electron chi connectivity index (χ2n) is 7.19. The molecule has 148 valence electrons. The Labute approximate surface area is 165 Å². The van der Waals surface area contributed by atoms with Gasteiger partial charge in [0.1, 0.15) is 0 Å². The van der Waals surface area contributed by atoms with Gasteiger partial charge in [-0.15, -0.1) is 0 Å². The van der Waals surface area contributed by atoms with Crippen LogP contribution in [0.5, 0.6) is 0 Å². The lowest BCUT2D eigenvalue weighted by Crippen LogP contribution is -2.38. The van der Waals surface area contributed by atoms with Crippen LogP contribution in [0, 0.1) is 5.92 Å². The van der Waals surface area contributed by atoms with Crippen LogP contribution in [0.25, 0.3) is 0 Å². The zero-order valence-corrected chi connectivity index (χ0v) is 16.7. The van der Waals surface area contributed by atoms with E-state index in [1.165, 1.54) is 0 Å². The van der Waals surface area contributed by atoms with E-state index in [2.05, 4.69) is 10.2 Å². The summed E-state index contributed by atoms with van der Waals surface area (Å²) in [6.45, 7) is 6.59. The second-order valence-corrected chi connectivity index (χ2v) is 7.63. The number of nitrogens with zero attached hydrogens (tertiary/aromatic N) is 3. The van der Waals surface area contributed by atoms with Gasteiger partial charge in [0.2, 0.25) is 5.91 Å². The average Bonchev–Trinajstić information content (AvgIpc) is 3.11. The van der Waals surface area contributed by atoms with Crippen molar-refractivity contribution in [1.82, 2.24) is 9.80 Å². The van der Waals surface area contributed by atoms with Crippen LogP contribution in [0.15, 0.2) is 18.2 Å². The summed E-state index contributed by atoms with van der Waals surface area (Å²) in [5, 5.41) is 3.58. The zero-order chi connectivity index (χ0) is 19.4. The predicted octanol–water partition coefficient (Wildman–Crippen LogP) is 2.51. The van der Waals surface area contributed by atoms with Crippen LogP contribution >= 0.6 is 11.6 Å². The van der Waals surface area contributed by atoms with E-state index in [0.29, 0.717) is 42.9 Å². The monoisotopic (exact) mass is 394 g/mol. The van der Waals surface area contributed by atoms with Gasteiger partial charge in [0.25, 0.3) is 0 Å². The Kier molecular flexibility index (Phi) is 6.44. The normalized spacial score (nSPS) is 19.9. The summed E-state index contributed by atoms with van der Waals surface area (Å²) < 4.78 is 5.41. The highest BCUT2D eigenvalue weighted by molar-refractivity contribution is 6.31. The molecule has 27 heavy (non-hydrogen) atoms. The molecular formula is C19H27ClN4O3. The smallest absolute Gasteiger partial charge is 0.321 e. The third-order valence-electron chi connectivity index (χ3n) is 5.16. The number of rotatable bonds is 4. The molecule has 0 bridgehead atoms. The number of amides is 3. The maximum atomic E-state index is 12.7. The van der Waals surface area contributed by atoms with Crippen molar-refractivity contribution in [3.05, 3.63) is 23.2 Å². The fraction of sp³-hybridized carbons (Fsp3) is 0.579. The molecule has 0 saturated carbocycles. The Morgan fingerprint density at radius 2 is 2.04 bits per heavy atom. The third-order valence-corrected chi connectivity index (χ3v) is 5.40. The summed E-state index contributed by atoms with van der Waals surface area (Å²) in [4.78, 5) is 29.9. The molecule has 1 aromatic carbocycles. The third kappa shape index (κ3) is 5.05. The second kappa shape index (κ2) is 8.80. The van der Waals surface area contributed by atoms with E-state index in [0.717, 1.165) is 31.7 Å². The van der Waals surface area contributed by atoms with E-state index in [1.54, 1.807) is 24.9 Å². The largest absolute Gasteiger partial charge is 0.378 e. The number of morpholine rings is 1. The minimum absolute atomic E-state index is 0.0960. The summed E-state index contributed by atoms with van der Waals surface area (Å²) >= 11 is 6.16. The zero-order valence-electron chi connectivity index (χ0n) is 15.9. The molecule has 2 heterocycles. The van der Waals surface area contributed by atoms with Gasteiger partial charge in [-0.25, -0.2) is 4.79 Å². The molecule has 8 heteroatoms. The molecule has 3 rings (SSSR count). The Balaban J connectivity index is 1.63. The summed E-state index contributed by atoms with van der Waals surface area (Å²) in [6.07, 6.45) is 0.924. The van der Waals surface area contributed by atoms with Gasteiger partial charge < -0.3 is 24.8 Å². The van der Waals surface area contributed by atoms with Gasteiger partial charge in [0.05, 0.1) is 24.6 Å². The Morgan fingerprint density at radius 1 is 1.30 bits per heavy atom. The lowest BCUT2D eigenvalue weighted by Gasteiger charge is -2.31. The number of benzene rings is 1. The fourth-order valence-electron chi connectivity index (χ4n) is 3.64. The van der Waals surface area contributed by atoms with E-state index < -0.39 is 0 Å². The Morgan fingerprint density at radius 3 is 2.70 bits per heavy atom. The Hall–Kier alpha value is -1.99. The van der Waals surface area contributed by atoms with Gasteiger partial charge in [0, 0.05) is 51.7 Å². The topological polar surface area (TPSA) is 65.1 Å². The maximum Gasteiger partial charge on any atom is 0.321 e. The van der Waals surface area contributed by atoms with Gasteiger partial charge in [-0.2, -0.15) is 0 Å². The molecule has 2 fully saturated rings. The van der Waals surface area contributed by atoms with Gasteiger partial charge in [-0.05, 0) is 30.5 Å². The summed E-state index contributed by atoms with van der Waals surface area (Å²) in [5.74, 6) is 0.404. The number of carbonyl (C=O) groups excluding carboxylic acids is 2. The molecule has 1 N–H and O–H groups in total. The number of hydrogen-bond donors (Lipinski definition) is 1. The van der Waals surface area contributed by atoms with Crippen molar-refractivity contribution in [2.24, 2.45) is 5.92 Å². The summed E-state index contributed by atoms with van der Waals surface area (Å²) in [6, 6.07) is 5.38. The molecule has 0 aromatic heterocycles. The number of halogens is 1. The number of urea groups is 1. The van der Waals surface area contributed by atoms with E-state index in [9.17, 15) is 9.59 Å². The maximum absolute atomic E-state index is 12.7. The molecule has 0 radical (unpaired) electrons. The highest BCUT2D eigenvalue weighted by Gasteiger charge is 2.26. The van der Waals surface area contributed by atoms with Gasteiger partial charge in [-0.1, -0.05) is 11.6 Å². The van der Waals surface area contributed by atoms with Crippen LogP contribution in [0.3, 0.4) is 0 Å². The Bertz CT molecular complexity index is 694. The van der Waals surface area contributed by atoms with Crippen molar-refractivity contribution in [3.8, 4) is 0 Å². The quantitative estimate of drug-likeness (QED) is 0.852. The van der Waals surface area contributed by atoms with E-state index in [4.69, 9.17) is 16.3 Å². The first-order valence-electron chi connectivity index (χ1n) is 9.34. The van der Waals surface area contributed by atoms with Crippen molar-refractivity contribution in [2.75, 3.05) is 63.2 Å². The van der Waals surface area contributed by atoms with Crippen LogP contribution in [0.2, 0.25) is 5.02 Å². The molecule has 3 amide bonds. The fourth-order valence-corrected chi connectivity index (χ4v) is 3.81. The summed E-state index contributed by atoms with van der Waals surface area (Å²) in [7, 11) is 1.78. The van der Waals surface area contributed by atoms with Crippen molar-refractivity contribution < 1.29 is 14.3 Å². The molecule has 2 aliphatic rings. The predicted molar refractivity (Wildman–Crippen MR) is 106 cm³/mol. The lowest BCUT2D eigenvalue weighted by molar-refractivity contribution is -0.127. The van der Waals surface area contributed by atoms with E-state index in [-0.39, 0.29) is 11.9 Å². The summed E-state index contributed by atoms with van der Waals surface area (Å²) in [5.41, 5.74) is 1.66. The molecule has 0 aliphatic carbocycles. The van der Waals surface area contributed by atoms with Crippen LogP contribution in [-0.2, 0) is 9.53 Å². The average molecular weight is 395 g/mol. The number of likely N-dealkylation sites (tertiary alicyclic amines) is 1. The van der Waals surface area contributed by atoms with Crippen LogP contribution < -0.4 is 10.2 Å². The number of anilines is 2. The number of carbonyl (C=O) groups is 2. The lowest BCUT2D eigenvalue weighted by atomic mass is 10.1. The van der Waals surface area contributed by atoms with Crippen molar-refractivity contribution in [2.45, 2.75) is 13.3 Å². The van der Waals surface area contributed by atoms with Crippen LogP contribution in [-0.4, -0.2) is 74.7 Å². The molecule has 1 unspecified atom stereocenters. The molecule has 0 spiro atoms. The number of ether oxygens (including phenoxy) is 1. The molecule has 1 aromatic rings. The number of nitrogens with one attached hydrogen (secondary N) is 1. The molecule has 2 aliphatic heterocycles. The first-order chi connectivity index (χ1) is 12.9. The first-order valence-corrected chi connectivity index (χ1v) is 9.71.